The van der Waals surface area contributed by atoms with Crippen molar-refractivity contribution in [3.63, 3.8) is 0 Å². The van der Waals surface area contributed by atoms with Crippen LogP contribution in [0.1, 0.15) is 23.2 Å². The van der Waals surface area contributed by atoms with Crippen molar-refractivity contribution in [3.8, 4) is 5.82 Å². The summed E-state index contributed by atoms with van der Waals surface area (Å²) in [6.07, 6.45) is 6.39. The normalized spacial score (nSPS) is 19.6. The molecule has 4 heterocycles. The summed E-state index contributed by atoms with van der Waals surface area (Å²) in [6.45, 7) is 5.18. The highest BCUT2D eigenvalue weighted by molar-refractivity contribution is 5.78. The molecule has 1 aromatic carbocycles. The molecule has 1 saturated heterocycles. The fourth-order valence-corrected chi connectivity index (χ4v) is 5.31. The lowest BCUT2D eigenvalue weighted by molar-refractivity contribution is 0.0854. The van der Waals surface area contributed by atoms with Crippen molar-refractivity contribution in [3.05, 3.63) is 88.1 Å². The maximum absolute atomic E-state index is 13.1. The van der Waals surface area contributed by atoms with Gasteiger partial charge in [0.1, 0.15) is 0 Å². The number of nitrogens with zero attached hydrogens (tertiary/aromatic N) is 5. The van der Waals surface area contributed by atoms with Gasteiger partial charge < -0.3 is 0 Å². The monoisotopic (exact) mass is 440 g/mol. The molecule has 3 aromatic heterocycles. The maximum atomic E-state index is 13.1. The van der Waals surface area contributed by atoms with Gasteiger partial charge in [-0.15, -0.1) is 0 Å². The van der Waals surface area contributed by atoms with E-state index in [-0.39, 0.29) is 5.56 Å². The fraction of sp³-hybridized carbons (Fsp3) is 0.346. The summed E-state index contributed by atoms with van der Waals surface area (Å²) < 4.78 is 1.60. The maximum Gasteiger partial charge on any atom is 0.276 e. The molecule has 4 aromatic rings. The van der Waals surface area contributed by atoms with Crippen molar-refractivity contribution in [1.29, 1.82) is 0 Å². The summed E-state index contributed by atoms with van der Waals surface area (Å²) in [4.78, 5) is 26.9. The van der Waals surface area contributed by atoms with E-state index in [0.29, 0.717) is 11.9 Å². The molecule has 6 rings (SSSR count). The molecule has 1 fully saturated rings. The SMILES string of the molecule is O=c1c2c([nH]n1-c1ccccn1)CCC(N1CCN(Cc3ccc4ncccc4c3)CC1)C2. The van der Waals surface area contributed by atoms with Crippen molar-refractivity contribution < 1.29 is 0 Å². The first kappa shape index (κ1) is 20.3. The Hall–Kier alpha value is -3.29. The molecular weight excluding hydrogens is 412 g/mol. The van der Waals surface area contributed by atoms with E-state index in [0.717, 1.165) is 68.8 Å². The van der Waals surface area contributed by atoms with E-state index >= 15 is 0 Å². The first-order chi connectivity index (χ1) is 16.2. The number of pyridine rings is 2. The highest BCUT2D eigenvalue weighted by atomic mass is 16.1. The third kappa shape index (κ3) is 3.98. The molecule has 0 bridgehead atoms. The molecule has 2 aliphatic rings. The van der Waals surface area contributed by atoms with Crippen LogP contribution in [0.2, 0.25) is 0 Å². The Morgan fingerprint density at radius 2 is 1.85 bits per heavy atom. The molecule has 1 aliphatic heterocycles. The number of benzene rings is 1. The first-order valence-electron chi connectivity index (χ1n) is 11.8. The van der Waals surface area contributed by atoms with Crippen LogP contribution in [-0.4, -0.2) is 61.8 Å². The number of aromatic amines is 1. The molecule has 0 radical (unpaired) electrons. The smallest absolute Gasteiger partial charge is 0.276 e. The number of hydrogen-bond acceptors (Lipinski definition) is 5. The van der Waals surface area contributed by atoms with E-state index in [2.05, 4.69) is 49.1 Å². The molecule has 1 N–H and O–H groups in total. The minimum absolute atomic E-state index is 0.0535. The Labute approximate surface area is 192 Å². The zero-order valence-electron chi connectivity index (χ0n) is 18.7. The van der Waals surface area contributed by atoms with Gasteiger partial charge in [0.25, 0.3) is 5.56 Å². The highest BCUT2D eigenvalue weighted by Gasteiger charge is 2.30. The number of fused-ring (bicyclic) bond motifs is 2. The summed E-state index contributed by atoms with van der Waals surface area (Å²) >= 11 is 0. The van der Waals surface area contributed by atoms with Gasteiger partial charge in [0, 0.05) is 67.8 Å². The predicted molar refractivity (Wildman–Crippen MR) is 129 cm³/mol. The molecule has 7 heteroatoms. The summed E-state index contributed by atoms with van der Waals surface area (Å²) in [5, 5.41) is 4.50. The second-order valence-corrected chi connectivity index (χ2v) is 9.14. The van der Waals surface area contributed by atoms with E-state index in [1.807, 2.05) is 30.5 Å². The van der Waals surface area contributed by atoms with E-state index < -0.39 is 0 Å². The number of piperazine rings is 1. The van der Waals surface area contributed by atoms with Gasteiger partial charge in [-0.25, -0.2) is 9.67 Å². The molecule has 168 valence electrons. The van der Waals surface area contributed by atoms with Gasteiger partial charge in [0.15, 0.2) is 5.82 Å². The van der Waals surface area contributed by atoms with Crippen LogP contribution in [-0.2, 0) is 19.4 Å². The average molecular weight is 441 g/mol. The van der Waals surface area contributed by atoms with Crippen molar-refractivity contribution in [2.24, 2.45) is 0 Å². The van der Waals surface area contributed by atoms with E-state index in [1.165, 1.54) is 10.9 Å². The molecule has 0 amide bonds. The van der Waals surface area contributed by atoms with Crippen LogP contribution in [0.15, 0.2) is 65.7 Å². The lowest BCUT2D eigenvalue weighted by Crippen LogP contribution is -2.51. The summed E-state index contributed by atoms with van der Waals surface area (Å²) in [7, 11) is 0. The number of H-pyrrole nitrogens is 1. The molecule has 1 unspecified atom stereocenters. The second kappa shape index (κ2) is 8.57. The van der Waals surface area contributed by atoms with E-state index in [9.17, 15) is 4.79 Å². The minimum atomic E-state index is 0.0535. The van der Waals surface area contributed by atoms with Gasteiger partial charge in [-0.1, -0.05) is 18.2 Å². The van der Waals surface area contributed by atoms with Crippen LogP contribution in [0.25, 0.3) is 16.7 Å². The Kier molecular flexibility index (Phi) is 5.28. The van der Waals surface area contributed by atoms with Crippen molar-refractivity contribution in [1.82, 2.24) is 29.5 Å². The molecule has 0 spiro atoms. The standard InChI is InChI=1S/C26H28N6O/c33-26-22-17-21(7-9-24(22)29-32(26)25-5-1-2-10-28-25)31-14-12-30(13-15-31)18-19-6-8-23-20(16-19)4-3-11-27-23/h1-6,8,10-11,16,21,29H,7,9,12-15,17-18H2. The second-order valence-electron chi connectivity index (χ2n) is 9.14. The zero-order chi connectivity index (χ0) is 22.2. The summed E-state index contributed by atoms with van der Waals surface area (Å²) in [5.74, 6) is 0.659. The average Bonchev–Trinajstić information content (AvgIpc) is 3.21. The van der Waals surface area contributed by atoms with Crippen LogP contribution in [0.5, 0.6) is 0 Å². The zero-order valence-corrected chi connectivity index (χ0v) is 18.7. The highest BCUT2D eigenvalue weighted by Crippen LogP contribution is 2.24. The topological polar surface area (TPSA) is 70.1 Å². The van der Waals surface area contributed by atoms with Gasteiger partial charge in [-0.2, -0.15) is 0 Å². The van der Waals surface area contributed by atoms with Crippen molar-refractivity contribution >= 4 is 10.9 Å². The fourth-order valence-electron chi connectivity index (χ4n) is 5.31. The van der Waals surface area contributed by atoms with Crippen LogP contribution < -0.4 is 5.56 Å². The molecule has 1 atom stereocenters. The number of nitrogens with one attached hydrogen (secondary N) is 1. The van der Waals surface area contributed by atoms with Crippen molar-refractivity contribution in [2.75, 3.05) is 26.2 Å². The van der Waals surface area contributed by atoms with Gasteiger partial charge in [0.05, 0.1) is 5.52 Å². The predicted octanol–water partition coefficient (Wildman–Crippen LogP) is 2.78. The molecule has 7 nitrogen and oxygen atoms in total. The van der Waals surface area contributed by atoms with E-state index in [4.69, 9.17) is 0 Å². The van der Waals surface area contributed by atoms with E-state index in [1.54, 1.807) is 10.9 Å². The molecule has 0 saturated carbocycles. The molecule has 1 aliphatic carbocycles. The van der Waals surface area contributed by atoms with Gasteiger partial charge in [-0.3, -0.25) is 24.7 Å². The van der Waals surface area contributed by atoms with Gasteiger partial charge >= 0.3 is 0 Å². The number of aryl methyl sites for hydroxylation is 1. The third-order valence-corrected chi connectivity index (χ3v) is 7.11. The lowest BCUT2D eigenvalue weighted by atomic mass is 9.92. The summed E-state index contributed by atoms with van der Waals surface area (Å²) in [5.41, 5.74) is 4.46. The summed E-state index contributed by atoms with van der Waals surface area (Å²) in [6, 6.07) is 16.8. The minimum Gasteiger partial charge on any atom is -0.297 e. The first-order valence-corrected chi connectivity index (χ1v) is 11.8. The largest absolute Gasteiger partial charge is 0.297 e. The molecule has 33 heavy (non-hydrogen) atoms. The lowest BCUT2D eigenvalue weighted by Gasteiger charge is -2.40. The Morgan fingerprint density at radius 3 is 2.70 bits per heavy atom. The van der Waals surface area contributed by atoms with Crippen molar-refractivity contribution in [2.45, 2.75) is 31.8 Å². The molecular formula is C26H28N6O. The third-order valence-electron chi connectivity index (χ3n) is 7.11. The number of rotatable bonds is 4. The van der Waals surface area contributed by atoms with Crippen LogP contribution >= 0.6 is 0 Å². The van der Waals surface area contributed by atoms with Gasteiger partial charge in [-0.05, 0) is 55.2 Å². The van der Waals surface area contributed by atoms with Crippen LogP contribution in [0.4, 0.5) is 0 Å². The van der Waals surface area contributed by atoms with Gasteiger partial charge in [0.2, 0.25) is 0 Å². The Bertz CT molecular complexity index is 1320. The Morgan fingerprint density at radius 1 is 0.970 bits per heavy atom. The Balaban J connectivity index is 1.10. The van der Waals surface area contributed by atoms with Crippen LogP contribution in [0.3, 0.4) is 0 Å². The number of aromatic nitrogens is 4. The van der Waals surface area contributed by atoms with Crippen LogP contribution in [0, 0.1) is 0 Å². The number of hydrogen-bond donors (Lipinski definition) is 1. The quantitative estimate of drug-likeness (QED) is 0.529.